The van der Waals surface area contributed by atoms with Gasteiger partial charge < -0.3 is 4.90 Å². The van der Waals surface area contributed by atoms with Crippen LogP contribution in [0.4, 0.5) is 5.69 Å². The van der Waals surface area contributed by atoms with Crippen LogP contribution < -0.4 is 4.90 Å². The maximum atomic E-state index is 12.6. The molecule has 1 atom stereocenters. The Morgan fingerprint density at radius 1 is 1.15 bits per heavy atom. The Kier molecular flexibility index (Phi) is 5.46. The van der Waals surface area contributed by atoms with Crippen LogP contribution >= 0.6 is 0 Å². The van der Waals surface area contributed by atoms with Gasteiger partial charge in [0.05, 0.1) is 5.75 Å². The van der Waals surface area contributed by atoms with Crippen LogP contribution in [0.5, 0.6) is 0 Å². The summed E-state index contributed by atoms with van der Waals surface area (Å²) in [7, 11) is -3.03. The zero-order valence-corrected chi connectivity index (χ0v) is 13.1. The molecule has 3 nitrogen and oxygen atoms in total. The lowest BCUT2D eigenvalue weighted by Gasteiger charge is -2.37. The molecule has 1 fully saturated rings. The highest BCUT2D eigenvalue weighted by Gasteiger charge is 2.33. The smallest absolute Gasteiger partial charge is 0.171 e. The van der Waals surface area contributed by atoms with Crippen LogP contribution in [0.2, 0.25) is 0 Å². The third-order valence-corrected chi connectivity index (χ3v) is 6.16. The van der Waals surface area contributed by atoms with Gasteiger partial charge in [0.25, 0.3) is 0 Å². The van der Waals surface area contributed by atoms with E-state index in [9.17, 15) is 8.42 Å². The van der Waals surface area contributed by atoms with Gasteiger partial charge in [0.2, 0.25) is 0 Å². The minimum Gasteiger partial charge on any atom is -0.355 e. The number of rotatable bonds is 6. The molecule has 4 heteroatoms. The van der Waals surface area contributed by atoms with Crippen LogP contribution in [0.3, 0.4) is 0 Å². The van der Waals surface area contributed by atoms with Crippen LogP contribution in [0.1, 0.15) is 45.4 Å². The van der Waals surface area contributed by atoms with E-state index in [0.29, 0.717) is 5.75 Å². The fraction of sp³-hybridized carbons (Fsp3) is 0.625. The second-order valence-corrected chi connectivity index (χ2v) is 7.83. The molecule has 0 amide bonds. The number of hydrogen-bond donors (Lipinski definition) is 0. The molecular weight excluding hydrogens is 270 g/mol. The molecule has 0 bridgehead atoms. The second-order valence-electron chi connectivity index (χ2n) is 5.55. The van der Waals surface area contributed by atoms with Gasteiger partial charge in [-0.1, -0.05) is 38.0 Å². The monoisotopic (exact) mass is 295 g/mol. The fourth-order valence-electron chi connectivity index (χ4n) is 2.88. The molecule has 1 aromatic carbocycles. The molecule has 1 aliphatic rings. The highest BCUT2D eigenvalue weighted by Crippen LogP contribution is 2.28. The summed E-state index contributed by atoms with van der Waals surface area (Å²) in [6.45, 7) is 2.95. The van der Waals surface area contributed by atoms with Gasteiger partial charge >= 0.3 is 0 Å². The van der Waals surface area contributed by atoms with Crippen molar-refractivity contribution in [3.8, 4) is 0 Å². The molecule has 1 unspecified atom stereocenters. The van der Waals surface area contributed by atoms with Crippen LogP contribution in [-0.2, 0) is 9.84 Å². The maximum absolute atomic E-state index is 12.6. The lowest BCUT2D eigenvalue weighted by Crippen LogP contribution is -2.45. The van der Waals surface area contributed by atoms with Gasteiger partial charge in [-0.15, -0.1) is 0 Å². The predicted molar refractivity (Wildman–Crippen MR) is 84.7 cm³/mol. The number of sulfone groups is 1. The van der Waals surface area contributed by atoms with Crippen molar-refractivity contribution in [2.24, 2.45) is 0 Å². The molecule has 2 rings (SSSR count). The summed E-state index contributed by atoms with van der Waals surface area (Å²) in [5.74, 6) is 0.328. The molecule has 0 spiro atoms. The van der Waals surface area contributed by atoms with Gasteiger partial charge in [-0.05, 0) is 37.8 Å². The van der Waals surface area contributed by atoms with Crippen molar-refractivity contribution in [2.45, 2.75) is 50.8 Å². The Labute approximate surface area is 122 Å². The predicted octanol–water partition coefficient (Wildman–Crippen LogP) is 3.61. The van der Waals surface area contributed by atoms with Crippen molar-refractivity contribution in [1.29, 1.82) is 0 Å². The van der Waals surface area contributed by atoms with Crippen LogP contribution in [-0.4, -0.2) is 26.1 Å². The van der Waals surface area contributed by atoms with E-state index in [1.54, 1.807) is 0 Å². The van der Waals surface area contributed by atoms with E-state index < -0.39 is 9.84 Å². The molecule has 0 radical (unpaired) electrons. The summed E-state index contributed by atoms with van der Waals surface area (Å²) in [4.78, 5) is 2.09. The quantitative estimate of drug-likeness (QED) is 0.752. The Morgan fingerprint density at radius 3 is 2.60 bits per heavy atom. The van der Waals surface area contributed by atoms with Gasteiger partial charge in [-0.25, -0.2) is 8.42 Å². The molecule has 20 heavy (non-hydrogen) atoms. The SMILES string of the molecule is CCCCCS(=O)(=O)C1CCCCN1c1ccccc1. The summed E-state index contributed by atoms with van der Waals surface area (Å²) in [6, 6.07) is 9.95. The molecule has 0 saturated carbocycles. The number of benzene rings is 1. The zero-order valence-electron chi connectivity index (χ0n) is 12.3. The minimum absolute atomic E-state index is 0.324. The lowest BCUT2D eigenvalue weighted by atomic mass is 10.1. The molecule has 1 heterocycles. The van der Waals surface area contributed by atoms with Gasteiger partial charge in [0, 0.05) is 12.2 Å². The Bertz CT molecular complexity index is 498. The molecule has 0 aromatic heterocycles. The average Bonchev–Trinajstić information content (AvgIpc) is 2.48. The number of hydrogen-bond acceptors (Lipinski definition) is 3. The standard InChI is InChI=1S/C16H25NO2S/c1-2-3-9-14-20(18,19)16-12-7-8-13-17(16)15-10-5-4-6-11-15/h4-6,10-11,16H,2-3,7-9,12-14H2,1H3. The third-order valence-electron chi connectivity index (χ3n) is 3.98. The molecule has 1 saturated heterocycles. The van der Waals surface area contributed by atoms with E-state index in [0.717, 1.165) is 50.8 Å². The number of anilines is 1. The van der Waals surface area contributed by atoms with Crippen LogP contribution in [0, 0.1) is 0 Å². The van der Waals surface area contributed by atoms with Crippen molar-refractivity contribution >= 4 is 15.5 Å². The molecule has 0 aliphatic carbocycles. The number of unbranched alkanes of at least 4 members (excludes halogenated alkanes) is 2. The largest absolute Gasteiger partial charge is 0.355 e. The first-order chi connectivity index (χ1) is 9.65. The first-order valence-corrected chi connectivity index (χ1v) is 9.40. The van der Waals surface area contributed by atoms with E-state index in [1.807, 2.05) is 30.3 Å². The van der Waals surface area contributed by atoms with Crippen LogP contribution in [0.15, 0.2) is 30.3 Å². The summed E-state index contributed by atoms with van der Waals surface area (Å²) >= 11 is 0. The van der Waals surface area contributed by atoms with Crippen molar-refractivity contribution in [3.63, 3.8) is 0 Å². The van der Waals surface area contributed by atoms with Crippen molar-refractivity contribution in [1.82, 2.24) is 0 Å². The highest BCUT2D eigenvalue weighted by atomic mass is 32.2. The van der Waals surface area contributed by atoms with E-state index in [1.165, 1.54) is 0 Å². The topological polar surface area (TPSA) is 37.4 Å². The van der Waals surface area contributed by atoms with Gasteiger partial charge in [-0.3, -0.25) is 0 Å². The highest BCUT2D eigenvalue weighted by molar-refractivity contribution is 7.92. The summed E-state index contributed by atoms with van der Waals surface area (Å²) in [5, 5.41) is -0.324. The second kappa shape index (κ2) is 7.11. The fourth-order valence-corrected chi connectivity index (χ4v) is 4.90. The molecular formula is C16H25NO2S. The van der Waals surface area contributed by atoms with Crippen molar-refractivity contribution in [2.75, 3.05) is 17.2 Å². The maximum Gasteiger partial charge on any atom is 0.171 e. The van der Waals surface area contributed by atoms with Crippen molar-refractivity contribution in [3.05, 3.63) is 30.3 Å². The third kappa shape index (κ3) is 3.75. The first-order valence-electron chi connectivity index (χ1n) is 7.68. The van der Waals surface area contributed by atoms with Gasteiger partial charge in [0.15, 0.2) is 9.84 Å². The first kappa shape index (κ1) is 15.4. The zero-order chi connectivity index (χ0) is 14.4. The van der Waals surface area contributed by atoms with Crippen molar-refractivity contribution < 1.29 is 8.42 Å². The lowest BCUT2D eigenvalue weighted by molar-refractivity contribution is 0.506. The minimum atomic E-state index is -3.03. The van der Waals surface area contributed by atoms with E-state index in [-0.39, 0.29) is 5.37 Å². The summed E-state index contributed by atoms with van der Waals surface area (Å²) in [5.41, 5.74) is 1.04. The Morgan fingerprint density at radius 2 is 1.90 bits per heavy atom. The molecule has 1 aromatic rings. The number of nitrogens with zero attached hydrogens (tertiary/aromatic N) is 1. The number of para-hydroxylation sites is 1. The van der Waals surface area contributed by atoms with Crippen LogP contribution in [0.25, 0.3) is 0 Å². The molecule has 112 valence electrons. The Balaban J connectivity index is 2.14. The molecule has 0 N–H and O–H groups in total. The summed E-state index contributed by atoms with van der Waals surface area (Å²) in [6.07, 6.45) is 5.71. The number of piperidine rings is 1. The van der Waals surface area contributed by atoms with Gasteiger partial charge in [-0.2, -0.15) is 0 Å². The van der Waals surface area contributed by atoms with E-state index >= 15 is 0 Å². The summed E-state index contributed by atoms with van der Waals surface area (Å²) < 4.78 is 25.2. The van der Waals surface area contributed by atoms with E-state index in [4.69, 9.17) is 0 Å². The average molecular weight is 295 g/mol. The Hall–Kier alpha value is -1.03. The normalized spacial score (nSPS) is 20.1. The molecule has 1 aliphatic heterocycles. The van der Waals surface area contributed by atoms with Gasteiger partial charge in [0.1, 0.15) is 5.37 Å². The van der Waals surface area contributed by atoms with E-state index in [2.05, 4.69) is 11.8 Å².